The summed E-state index contributed by atoms with van der Waals surface area (Å²) in [6, 6.07) is 171. The van der Waals surface area contributed by atoms with Crippen LogP contribution in [0.2, 0.25) is 0 Å². The Bertz CT molecular complexity index is 9620. The lowest BCUT2D eigenvalue weighted by Crippen LogP contribution is -2.01. The Kier molecular flexibility index (Phi) is 21.7. The summed E-state index contributed by atoms with van der Waals surface area (Å²) in [5.74, 6) is 5.80. The zero-order valence-corrected chi connectivity index (χ0v) is 80.1. The Labute approximate surface area is 846 Å². The maximum absolute atomic E-state index is 6.31. The first-order chi connectivity index (χ1) is 72.3. The van der Waals surface area contributed by atoms with Crippen molar-refractivity contribution in [1.82, 2.24) is 44.9 Å². The molecular formula is C133H81N9O2S2. The number of rotatable bonds is 14. The van der Waals surface area contributed by atoms with E-state index in [2.05, 4.69) is 340 Å². The van der Waals surface area contributed by atoms with Crippen molar-refractivity contribution in [2.45, 2.75) is 0 Å². The minimum atomic E-state index is 0.607. The lowest BCUT2D eigenvalue weighted by atomic mass is 9.95. The van der Waals surface area contributed by atoms with Gasteiger partial charge in [-0.2, -0.15) is 0 Å². The second-order valence-corrected chi connectivity index (χ2v) is 38.6. The third kappa shape index (κ3) is 15.9. The summed E-state index contributed by atoms with van der Waals surface area (Å²) in [6.07, 6.45) is 0. The van der Waals surface area contributed by atoms with E-state index < -0.39 is 0 Å². The van der Waals surface area contributed by atoms with Gasteiger partial charge in [-0.1, -0.05) is 443 Å². The van der Waals surface area contributed by atoms with Crippen LogP contribution in [0.4, 0.5) is 0 Å². The van der Waals surface area contributed by atoms with Gasteiger partial charge in [0, 0.05) is 112 Å². The van der Waals surface area contributed by atoms with Crippen LogP contribution in [0.1, 0.15) is 0 Å². The molecule has 13 heteroatoms. The quantitative estimate of drug-likeness (QED) is 0.103. The van der Waals surface area contributed by atoms with Crippen molar-refractivity contribution in [3.8, 4) is 158 Å². The number of nitrogens with zero attached hydrogens (tertiary/aromatic N) is 9. The number of hydrogen-bond acceptors (Lipinski definition) is 13. The lowest BCUT2D eigenvalue weighted by Gasteiger charge is -2.11. The fourth-order valence-electron chi connectivity index (χ4n) is 20.6. The van der Waals surface area contributed by atoms with E-state index in [-0.39, 0.29) is 0 Å². The number of aromatic nitrogens is 9. The van der Waals surface area contributed by atoms with E-state index in [4.69, 9.17) is 53.7 Å². The van der Waals surface area contributed by atoms with Crippen LogP contribution in [-0.2, 0) is 0 Å². The Balaban J connectivity index is 0.000000109. The molecule has 7 heterocycles. The van der Waals surface area contributed by atoms with Crippen LogP contribution < -0.4 is 0 Å². The van der Waals surface area contributed by atoms with Gasteiger partial charge in [0.2, 0.25) is 0 Å². The van der Waals surface area contributed by atoms with Crippen molar-refractivity contribution < 1.29 is 8.83 Å². The van der Waals surface area contributed by atoms with E-state index in [1.165, 1.54) is 94.9 Å². The number of fused-ring (bicyclic) bond motifs is 19. The van der Waals surface area contributed by atoms with Gasteiger partial charge in [-0.05, 0) is 147 Å². The third-order valence-corrected chi connectivity index (χ3v) is 29.9. The fraction of sp³-hybridized carbons (Fsp3) is 0. The zero-order chi connectivity index (χ0) is 96.5. The first-order valence-corrected chi connectivity index (χ1v) is 50.4. The van der Waals surface area contributed by atoms with Crippen molar-refractivity contribution in [3.63, 3.8) is 0 Å². The van der Waals surface area contributed by atoms with Crippen LogP contribution in [0.5, 0.6) is 0 Å². The van der Waals surface area contributed by atoms with E-state index in [0.717, 1.165) is 138 Å². The highest BCUT2D eigenvalue weighted by Gasteiger charge is 2.25. The van der Waals surface area contributed by atoms with Crippen molar-refractivity contribution in [3.05, 3.63) is 491 Å². The molecule has 29 aromatic rings. The van der Waals surface area contributed by atoms with Crippen LogP contribution in [0, 0.1) is 0 Å². The maximum atomic E-state index is 6.31. The average molecular weight is 1900 g/mol. The summed E-state index contributed by atoms with van der Waals surface area (Å²) in [7, 11) is 0. The molecule has 0 aliphatic heterocycles. The van der Waals surface area contributed by atoms with Gasteiger partial charge in [0.1, 0.15) is 22.3 Å². The molecule has 0 aliphatic carbocycles. The standard InChI is InChI=1S/C47H27N3OS.C43H27N3O.C43H27N3S/c1-3-13-32-28(10-1)12-7-17-35(32)46-48-45(49-47(50-46)37-18-8-20-39-42(37)36-15-5-6-19-38(36)51-39)31-24-22-30(23-25-31)34-16-9-21-40-43(34)44-33-14-4-2-11-29(33)26-27-41(44)52-40;2*1-3-11-32(12-4-1)41-44-42(33-13-5-2-6-14-33)46-43(45-41)34-24-20-29(21-25-34)28-18-22-31(23-19-28)36-16-9-17-37-39(36)40-35-15-8-7-10-30(35)26-27-38(40)47-37/h1-27H;2*1-27H. The Hall–Kier alpha value is -19.1. The molecule has 11 nitrogen and oxygen atoms in total. The molecule has 0 fully saturated rings. The van der Waals surface area contributed by atoms with Gasteiger partial charge < -0.3 is 8.83 Å². The molecule has 0 radical (unpaired) electrons. The zero-order valence-electron chi connectivity index (χ0n) is 78.4. The van der Waals surface area contributed by atoms with Gasteiger partial charge in [-0.15, -0.1) is 22.7 Å². The highest BCUT2D eigenvalue weighted by atomic mass is 32.1. The van der Waals surface area contributed by atoms with Crippen molar-refractivity contribution in [2.24, 2.45) is 0 Å². The van der Waals surface area contributed by atoms with Crippen LogP contribution in [0.15, 0.2) is 500 Å². The van der Waals surface area contributed by atoms with Crippen LogP contribution in [-0.4, -0.2) is 44.9 Å². The molecule has 0 amide bonds. The van der Waals surface area contributed by atoms with E-state index in [1.54, 1.807) is 0 Å². The molecule has 0 aliphatic rings. The van der Waals surface area contributed by atoms with E-state index >= 15 is 0 Å². The fourth-order valence-corrected chi connectivity index (χ4v) is 22.9. The number of hydrogen-bond donors (Lipinski definition) is 0. The van der Waals surface area contributed by atoms with E-state index in [0.29, 0.717) is 52.4 Å². The number of benzene rings is 22. The summed E-state index contributed by atoms with van der Waals surface area (Å²) in [4.78, 5) is 44.7. The average Bonchev–Trinajstić information content (AvgIpc) is 1.60. The molecule has 22 aromatic carbocycles. The summed E-state index contributed by atoms with van der Waals surface area (Å²) < 4.78 is 17.8. The normalized spacial score (nSPS) is 11.6. The monoisotopic (exact) mass is 1900 g/mol. The molecule has 29 rings (SSSR count). The molecule has 682 valence electrons. The second-order valence-electron chi connectivity index (χ2n) is 36.4. The predicted octanol–water partition coefficient (Wildman–Crippen LogP) is 36.1. The molecule has 146 heavy (non-hydrogen) atoms. The third-order valence-electron chi connectivity index (χ3n) is 27.7. The molecule has 0 N–H and O–H groups in total. The highest BCUT2D eigenvalue weighted by Crippen LogP contribution is 2.49. The van der Waals surface area contributed by atoms with Gasteiger partial charge in [0.15, 0.2) is 52.4 Å². The molecule has 0 unspecified atom stereocenters. The van der Waals surface area contributed by atoms with Crippen LogP contribution in [0.3, 0.4) is 0 Å². The summed E-state index contributed by atoms with van der Waals surface area (Å²) in [6.45, 7) is 0. The summed E-state index contributed by atoms with van der Waals surface area (Å²) >= 11 is 3.72. The lowest BCUT2D eigenvalue weighted by molar-refractivity contribution is 0.668. The Morgan fingerprint density at radius 1 is 0.123 bits per heavy atom. The maximum Gasteiger partial charge on any atom is 0.164 e. The van der Waals surface area contributed by atoms with E-state index in [9.17, 15) is 0 Å². The van der Waals surface area contributed by atoms with Gasteiger partial charge >= 0.3 is 0 Å². The summed E-state index contributed by atoms with van der Waals surface area (Å²) in [5.41, 5.74) is 23.7. The minimum absolute atomic E-state index is 0.607. The van der Waals surface area contributed by atoms with Gasteiger partial charge in [0.05, 0.1) is 0 Å². The molecular weight excluding hydrogens is 1820 g/mol. The van der Waals surface area contributed by atoms with Gasteiger partial charge in [-0.25, -0.2) is 44.9 Å². The predicted molar refractivity (Wildman–Crippen MR) is 606 cm³/mol. The van der Waals surface area contributed by atoms with Crippen molar-refractivity contribution >= 4 is 150 Å². The topological polar surface area (TPSA) is 142 Å². The van der Waals surface area contributed by atoms with Gasteiger partial charge in [-0.3, -0.25) is 0 Å². The SMILES string of the molecule is c1ccc(-c2nc(-c3ccccc3)nc(-c3ccc(-c4ccc(-c5cccc6oc7ccc8ccccc8c7c56)cc4)cc3)n2)cc1.c1ccc(-c2nc(-c3ccccc3)nc(-c3ccc(-c4ccc(-c5cccc6sc7ccc8ccccc8c7c56)cc4)cc3)n2)cc1.c1ccc2c(-c3nc(-c4ccc(-c5cccc6sc7ccc8ccccc8c7c56)cc4)nc(-c4cccc5oc6ccccc6c45)n3)cccc2c1. The second kappa shape index (κ2) is 36.9. The van der Waals surface area contributed by atoms with Crippen molar-refractivity contribution in [2.75, 3.05) is 0 Å². The highest BCUT2D eigenvalue weighted by molar-refractivity contribution is 7.26. The first-order valence-electron chi connectivity index (χ1n) is 48.7. The summed E-state index contributed by atoms with van der Waals surface area (Å²) in [5, 5.41) is 19.4. The Morgan fingerprint density at radius 2 is 0.370 bits per heavy atom. The molecule has 0 saturated heterocycles. The molecule has 0 bridgehead atoms. The largest absolute Gasteiger partial charge is 0.456 e. The molecule has 0 spiro atoms. The van der Waals surface area contributed by atoms with Crippen LogP contribution in [0.25, 0.3) is 285 Å². The Morgan fingerprint density at radius 3 is 0.788 bits per heavy atom. The number of thiophene rings is 2. The van der Waals surface area contributed by atoms with Gasteiger partial charge in [0.25, 0.3) is 0 Å². The van der Waals surface area contributed by atoms with Crippen molar-refractivity contribution in [1.29, 1.82) is 0 Å². The molecule has 0 saturated carbocycles. The smallest absolute Gasteiger partial charge is 0.164 e. The number of furan rings is 2. The van der Waals surface area contributed by atoms with E-state index in [1.807, 2.05) is 174 Å². The molecule has 0 atom stereocenters. The minimum Gasteiger partial charge on any atom is -0.456 e. The number of para-hydroxylation sites is 1. The molecule has 7 aromatic heterocycles. The van der Waals surface area contributed by atoms with Crippen LogP contribution >= 0.6 is 22.7 Å². The first kappa shape index (κ1) is 86.1.